The molecule has 2 heterocycles. The SMILES string of the molecule is COCCn1cc(NS(=O)(=O)c2c[nH]ccc2=O)cn1. The van der Waals surface area contributed by atoms with E-state index in [1.165, 1.54) is 23.3 Å². The maximum atomic E-state index is 12.1. The van der Waals surface area contributed by atoms with Gasteiger partial charge in [-0.25, -0.2) is 8.42 Å². The van der Waals surface area contributed by atoms with E-state index < -0.39 is 15.5 Å². The van der Waals surface area contributed by atoms with Gasteiger partial charge in [-0.3, -0.25) is 14.2 Å². The summed E-state index contributed by atoms with van der Waals surface area (Å²) in [6.07, 6.45) is 5.39. The molecular weight excluding hydrogens is 284 g/mol. The van der Waals surface area contributed by atoms with Crippen LogP contribution in [-0.2, 0) is 21.3 Å². The first-order chi connectivity index (χ1) is 9.53. The van der Waals surface area contributed by atoms with Gasteiger partial charge < -0.3 is 9.72 Å². The molecule has 0 atom stereocenters. The van der Waals surface area contributed by atoms with Gasteiger partial charge in [0.25, 0.3) is 10.0 Å². The summed E-state index contributed by atoms with van der Waals surface area (Å²) in [5.41, 5.74) is -0.299. The summed E-state index contributed by atoms with van der Waals surface area (Å²) in [6.45, 7) is 0.969. The van der Waals surface area contributed by atoms with Crippen LogP contribution in [0.1, 0.15) is 0 Å². The highest BCUT2D eigenvalue weighted by molar-refractivity contribution is 7.92. The average Bonchev–Trinajstić information content (AvgIpc) is 2.83. The predicted octanol–water partition coefficient (Wildman–Crippen LogP) is 0.0186. The minimum absolute atomic E-state index is 0.282. The Morgan fingerprint density at radius 2 is 2.30 bits per heavy atom. The summed E-state index contributed by atoms with van der Waals surface area (Å²) >= 11 is 0. The van der Waals surface area contributed by atoms with Crippen molar-refractivity contribution >= 4 is 15.7 Å². The molecular formula is C11H14N4O4S. The number of ether oxygens (including phenoxy) is 1. The average molecular weight is 298 g/mol. The van der Waals surface area contributed by atoms with E-state index in [2.05, 4.69) is 14.8 Å². The van der Waals surface area contributed by atoms with Crippen molar-refractivity contribution in [2.24, 2.45) is 0 Å². The number of anilines is 1. The maximum absolute atomic E-state index is 12.1. The lowest BCUT2D eigenvalue weighted by Gasteiger charge is -2.04. The van der Waals surface area contributed by atoms with Crippen molar-refractivity contribution in [3.05, 3.63) is 41.1 Å². The first-order valence-electron chi connectivity index (χ1n) is 5.74. The number of hydrogen-bond donors (Lipinski definition) is 2. The van der Waals surface area contributed by atoms with Gasteiger partial charge in [-0.2, -0.15) is 5.10 Å². The topological polar surface area (TPSA) is 106 Å². The van der Waals surface area contributed by atoms with Gasteiger partial charge in [0.15, 0.2) is 4.90 Å². The summed E-state index contributed by atoms with van der Waals surface area (Å²) in [6, 6.07) is 1.15. The number of sulfonamides is 1. The fourth-order valence-electron chi connectivity index (χ4n) is 1.54. The number of aromatic nitrogens is 3. The maximum Gasteiger partial charge on any atom is 0.267 e. The molecule has 2 aromatic rings. The largest absolute Gasteiger partial charge is 0.383 e. The molecule has 0 aliphatic carbocycles. The molecule has 0 bridgehead atoms. The van der Waals surface area contributed by atoms with Crippen molar-refractivity contribution in [1.82, 2.24) is 14.8 Å². The van der Waals surface area contributed by atoms with Gasteiger partial charge in [-0.05, 0) is 0 Å². The summed E-state index contributed by atoms with van der Waals surface area (Å²) < 4.78 is 32.8. The van der Waals surface area contributed by atoms with Gasteiger partial charge in [0.2, 0.25) is 5.43 Å². The van der Waals surface area contributed by atoms with Gasteiger partial charge >= 0.3 is 0 Å². The standard InChI is InChI=1S/C11H14N4O4S/c1-19-5-4-15-8-9(6-13-15)14-20(17,18)11-7-12-3-2-10(11)16/h2-3,6-8,14H,4-5H2,1H3,(H,12,16). The predicted molar refractivity (Wildman–Crippen MR) is 72.0 cm³/mol. The molecule has 0 unspecified atom stereocenters. The third-order valence-electron chi connectivity index (χ3n) is 2.49. The lowest BCUT2D eigenvalue weighted by Crippen LogP contribution is -2.20. The molecule has 20 heavy (non-hydrogen) atoms. The van der Waals surface area contributed by atoms with Crippen LogP contribution in [0.4, 0.5) is 5.69 Å². The lowest BCUT2D eigenvalue weighted by atomic mass is 10.5. The Bertz CT molecular complexity index is 735. The van der Waals surface area contributed by atoms with Crippen LogP contribution >= 0.6 is 0 Å². The molecule has 0 aliphatic heterocycles. The Morgan fingerprint density at radius 3 is 3.00 bits per heavy atom. The normalized spacial score (nSPS) is 11.4. The van der Waals surface area contributed by atoms with Crippen LogP contribution in [0.2, 0.25) is 0 Å². The monoisotopic (exact) mass is 298 g/mol. The second-order valence-electron chi connectivity index (χ2n) is 3.96. The fourth-order valence-corrected chi connectivity index (χ4v) is 2.63. The minimum atomic E-state index is -3.93. The highest BCUT2D eigenvalue weighted by Gasteiger charge is 2.18. The van der Waals surface area contributed by atoms with Gasteiger partial charge in [-0.15, -0.1) is 0 Å². The molecule has 0 fully saturated rings. The number of methoxy groups -OCH3 is 1. The van der Waals surface area contributed by atoms with E-state index in [1.807, 2.05) is 0 Å². The van der Waals surface area contributed by atoms with Crippen molar-refractivity contribution in [1.29, 1.82) is 0 Å². The van der Waals surface area contributed by atoms with E-state index in [0.29, 0.717) is 13.2 Å². The molecule has 8 nitrogen and oxygen atoms in total. The molecule has 0 spiro atoms. The van der Waals surface area contributed by atoms with Crippen LogP contribution < -0.4 is 10.2 Å². The molecule has 0 aromatic carbocycles. The van der Waals surface area contributed by atoms with Crippen LogP contribution in [0.15, 0.2) is 40.5 Å². The quantitative estimate of drug-likeness (QED) is 0.782. The van der Waals surface area contributed by atoms with Crippen molar-refractivity contribution < 1.29 is 13.2 Å². The van der Waals surface area contributed by atoms with Gasteiger partial charge in [0.05, 0.1) is 25.0 Å². The zero-order valence-corrected chi connectivity index (χ0v) is 11.6. The third kappa shape index (κ3) is 3.25. The highest BCUT2D eigenvalue weighted by atomic mass is 32.2. The van der Waals surface area contributed by atoms with Gasteiger partial charge in [0.1, 0.15) is 0 Å². The summed E-state index contributed by atoms with van der Waals surface area (Å²) in [5, 5.41) is 3.98. The molecule has 9 heteroatoms. The van der Waals surface area contributed by atoms with Crippen LogP contribution in [0.5, 0.6) is 0 Å². The second-order valence-corrected chi connectivity index (χ2v) is 5.61. The van der Waals surface area contributed by atoms with Crippen molar-refractivity contribution in [3.63, 3.8) is 0 Å². The Balaban J connectivity index is 2.19. The minimum Gasteiger partial charge on any atom is -0.383 e. The Hall–Kier alpha value is -2.13. The van der Waals surface area contributed by atoms with E-state index in [0.717, 1.165) is 12.3 Å². The molecule has 0 amide bonds. The summed E-state index contributed by atoms with van der Waals surface area (Å²) in [5.74, 6) is 0. The number of pyridine rings is 1. The highest BCUT2D eigenvalue weighted by Crippen LogP contribution is 2.11. The number of hydrogen-bond acceptors (Lipinski definition) is 5. The van der Waals surface area contributed by atoms with Crippen LogP contribution in [0.3, 0.4) is 0 Å². The third-order valence-corrected chi connectivity index (χ3v) is 3.89. The molecule has 108 valence electrons. The fraction of sp³-hybridized carbons (Fsp3) is 0.273. The Morgan fingerprint density at radius 1 is 1.50 bits per heavy atom. The molecule has 2 aromatic heterocycles. The zero-order chi connectivity index (χ0) is 14.6. The number of rotatable bonds is 6. The Labute approximate surface area is 115 Å². The van der Waals surface area contributed by atoms with E-state index in [-0.39, 0.29) is 10.6 Å². The van der Waals surface area contributed by atoms with Gasteiger partial charge in [-0.1, -0.05) is 0 Å². The van der Waals surface area contributed by atoms with Gasteiger partial charge in [0, 0.05) is 31.8 Å². The van der Waals surface area contributed by atoms with Crippen molar-refractivity contribution in [2.75, 3.05) is 18.4 Å². The van der Waals surface area contributed by atoms with E-state index in [1.54, 1.807) is 7.11 Å². The van der Waals surface area contributed by atoms with E-state index in [9.17, 15) is 13.2 Å². The van der Waals surface area contributed by atoms with Crippen molar-refractivity contribution in [2.45, 2.75) is 11.4 Å². The summed E-state index contributed by atoms with van der Waals surface area (Å²) in [7, 11) is -2.37. The molecule has 0 saturated carbocycles. The van der Waals surface area contributed by atoms with Crippen molar-refractivity contribution in [3.8, 4) is 0 Å². The molecule has 2 N–H and O–H groups in total. The molecule has 0 radical (unpaired) electrons. The molecule has 0 saturated heterocycles. The number of nitrogens with one attached hydrogen (secondary N) is 2. The number of aromatic amines is 1. The van der Waals surface area contributed by atoms with Crippen LogP contribution in [0.25, 0.3) is 0 Å². The zero-order valence-electron chi connectivity index (χ0n) is 10.7. The number of nitrogens with zero attached hydrogens (tertiary/aromatic N) is 2. The first-order valence-corrected chi connectivity index (χ1v) is 7.22. The molecule has 2 rings (SSSR count). The Kier molecular flexibility index (Phi) is 4.20. The van der Waals surface area contributed by atoms with Crippen LogP contribution in [0, 0.1) is 0 Å². The second kappa shape index (κ2) is 5.88. The smallest absolute Gasteiger partial charge is 0.267 e. The van der Waals surface area contributed by atoms with E-state index >= 15 is 0 Å². The van der Waals surface area contributed by atoms with E-state index in [4.69, 9.17) is 4.74 Å². The summed E-state index contributed by atoms with van der Waals surface area (Å²) in [4.78, 5) is 13.8. The van der Waals surface area contributed by atoms with Crippen LogP contribution in [-0.4, -0.2) is 36.9 Å². The first kappa shape index (κ1) is 14.3. The number of H-pyrrole nitrogens is 1. The molecule has 0 aliphatic rings. The lowest BCUT2D eigenvalue weighted by molar-refractivity contribution is 0.183.